The van der Waals surface area contributed by atoms with Crippen LogP contribution in [0.25, 0.3) is 0 Å². The molecule has 0 radical (unpaired) electrons. The summed E-state index contributed by atoms with van der Waals surface area (Å²) in [6, 6.07) is 16.7. The second-order valence-corrected chi connectivity index (χ2v) is 9.95. The second-order valence-electron chi connectivity index (χ2n) is 8.29. The van der Waals surface area contributed by atoms with Crippen molar-refractivity contribution in [3.63, 3.8) is 0 Å². The van der Waals surface area contributed by atoms with Crippen molar-refractivity contribution in [3.05, 3.63) is 83.6 Å². The highest BCUT2D eigenvalue weighted by Gasteiger charge is 2.28. The first-order chi connectivity index (χ1) is 15.7. The number of hydrogen-bond donors (Lipinski definition) is 1. The molecule has 1 N–H and O–H groups in total. The summed E-state index contributed by atoms with van der Waals surface area (Å²) in [5, 5.41) is 0. The van der Waals surface area contributed by atoms with E-state index in [1.807, 2.05) is 30.1 Å². The number of likely N-dealkylation sites (N-methyl/N-ethyl adjacent to an activating group) is 1. The molecule has 4 rings (SSSR count). The molecule has 1 aromatic heterocycles. The van der Waals surface area contributed by atoms with Gasteiger partial charge in [0.05, 0.1) is 0 Å². The van der Waals surface area contributed by atoms with E-state index < -0.39 is 26.7 Å². The van der Waals surface area contributed by atoms with E-state index in [-0.39, 0.29) is 11.9 Å². The molecule has 2 aromatic carbocycles. The van der Waals surface area contributed by atoms with Crippen LogP contribution in [0, 0.1) is 18.7 Å². The van der Waals surface area contributed by atoms with Crippen molar-refractivity contribution >= 4 is 21.5 Å². The number of anilines is 2. The zero-order valence-corrected chi connectivity index (χ0v) is 19.3. The topological polar surface area (TPSA) is 65.5 Å². The Labute approximate surface area is 192 Å². The average molecular weight is 473 g/mol. The molecule has 33 heavy (non-hydrogen) atoms. The van der Waals surface area contributed by atoms with Crippen LogP contribution in [0.1, 0.15) is 17.5 Å². The highest BCUT2D eigenvalue weighted by molar-refractivity contribution is 7.92. The van der Waals surface area contributed by atoms with Gasteiger partial charge < -0.3 is 4.90 Å². The van der Waals surface area contributed by atoms with Gasteiger partial charge in [0.25, 0.3) is 10.0 Å². The van der Waals surface area contributed by atoms with E-state index >= 15 is 0 Å². The first-order valence-electron chi connectivity index (χ1n) is 10.7. The van der Waals surface area contributed by atoms with E-state index in [4.69, 9.17) is 0 Å². The van der Waals surface area contributed by atoms with E-state index in [0.29, 0.717) is 11.3 Å². The number of pyridine rings is 1. The fourth-order valence-corrected chi connectivity index (χ4v) is 5.35. The minimum absolute atomic E-state index is 0.184. The van der Waals surface area contributed by atoms with Gasteiger partial charge in [-0.1, -0.05) is 36.4 Å². The third-order valence-corrected chi connectivity index (χ3v) is 7.29. The zero-order chi connectivity index (χ0) is 23.6. The van der Waals surface area contributed by atoms with Gasteiger partial charge in [-0.25, -0.2) is 17.8 Å². The van der Waals surface area contributed by atoms with E-state index in [0.717, 1.165) is 32.1 Å². The molecule has 0 saturated carbocycles. The van der Waals surface area contributed by atoms with E-state index in [1.165, 1.54) is 29.8 Å². The second kappa shape index (κ2) is 9.44. The summed E-state index contributed by atoms with van der Waals surface area (Å²) in [5.74, 6) is -1.91. The van der Waals surface area contributed by atoms with Crippen LogP contribution in [0.3, 0.4) is 0 Å². The number of rotatable bonds is 7. The van der Waals surface area contributed by atoms with Crippen molar-refractivity contribution in [1.82, 2.24) is 9.88 Å². The number of nitrogens with zero attached hydrogens (tertiary/aromatic N) is 3. The lowest BCUT2D eigenvalue weighted by atomic mass is 10.1. The Morgan fingerprint density at radius 2 is 1.88 bits per heavy atom. The highest BCUT2D eigenvalue weighted by Crippen LogP contribution is 2.30. The Hall–Kier alpha value is -3.04. The molecule has 1 aliphatic heterocycles. The van der Waals surface area contributed by atoms with Gasteiger partial charge in [0.1, 0.15) is 16.5 Å². The maximum atomic E-state index is 15.0. The fraction of sp³-hybridized carbons (Fsp3) is 0.292. The average Bonchev–Trinajstić information content (AvgIpc) is 3.23. The first kappa shape index (κ1) is 23.1. The minimum atomic E-state index is -4.27. The van der Waals surface area contributed by atoms with Crippen LogP contribution in [0.2, 0.25) is 0 Å². The third kappa shape index (κ3) is 5.31. The number of benzene rings is 2. The first-order valence-corrected chi connectivity index (χ1v) is 12.2. The van der Waals surface area contributed by atoms with Crippen LogP contribution in [0.15, 0.2) is 65.6 Å². The normalized spacial score (nSPS) is 16.7. The molecule has 1 aliphatic rings. The largest absolute Gasteiger partial charge is 0.370 e. The van der Waals surface area contributed by atoms with Crippen molar-refractivity contribution in [2.24, 2.45) is 0 Å². The molecule has 0 bridgehead atoms. The number of hydrogen-bond acceptors (Lipinski definition) is 5. The van der Waals surface area contributed by atoms with E-state index in [9.17, 15) is 17.2 Å². The summed E-state index contributed by atoms with van der Waals surface area (Å²) in [6.07, 6.45) is 0.928. The Morgan fingerprint density at radius 1 is 1.12 bits per heavy atom. The molecule has 1 atom stereocenters. The zero-order valence-electron chi connectivity index (χ0n) is 18.5. The summed E-state index contributed by atoms with van der Waals surface area (Å²) < 4.78 is 55.8. The summed E-state index contributed by atoms with van der Waals surface area (Å²) in [5.41, 5.74) is 2.52. The monoisotopic (exact) mass is 472 g/mol. The van der Waals surface area contributed by atoms with Gasteiger partial charge in [-0.2, -0.15) is 4.39 Å². The molecule has 9 heteroatoms. The molecular formula is C24H26F2N4O2S. The summed E-state index contributed by atoms with van der Waals surface area (Å²) in [6.45, 7) is 4.37. The number of likely N-dealkylation sites (tertiary alicyclic amines) is 1. The van der Waals surface area contributed by atoms with Gasteiger partial charge in [-0.3, -0.25) is 9.62 Å². The van der Waals surface area contributed by atoms with Gasteiger partial charge in [-0.05, 0) is 48.7 Å². The van der Waals surface area contributed by atoms with Crippen molar-refractivity contribution in [2.75, 3.05) is 29.8 Å². The van der Waals surface area contributed by atoms with Gasteiger partial charge in [-0.15, -0.1) is 0 Å². The van der Waals surface area contributed by atoms with Crippen molar-refractivity contribution in [1.29, 1.82) is 0 Å². The predicted molar refractivity (Wildman–Crippen MR) is 125 cm³/mol. The summed E-state index contributed by atoms with van der Waals surface area (Å²) in [7, 11) is -2.36. The fourth-order valence-electron chi connectivity index (χ4n) is 4.20. The Balaban J connectivity index is 1.50. The van der Waals surface area contributed by atoms with Gasteiger partial charge in [0.2, 0.25) is 5.95 Å². The lowest BCUT2D eigenvalue weighted by Crippen LogP contribution is -2.35. The van der Waals surface area contributed by atoms with Crippen molar-refractivity contribution in [2.45, 2.75) is 30.8 Å². The smallest absolute Gasteiger partial charge is 0.265 e. The molecule has 6 nitrogen and oxygen atoms in total. The van der Waals surface area contributed by atoms with Crippen molar-refractivity contribution in [3.8, 4) is 0 Å². The van der Waals surface area contributed by atoms with Crippen LogP contribution in [0.5, 0.6) is 0 Å². The van der Waals surface area contributed by atoms with Crippen LogP contribution in [-0.2, 0) is 16.6 Å². The summed E-state index contributed by atoms with van der Waals surface area (Å²) >= 11 is 0. The summed E-state index contributed by atoms with van der Waals surface area (Å²) in [4.78, 5) is 7.35. The van der Waals surface area contributed by atoms with Crippen LogP contribution in [-0.4, -0.2) is 44.5 Å². The van der Waals surface area contributed by atoms with Gasteiger partial charge in [0, 0.05) is 38.4 Å². The third-order valence-electron chi connectivity index (χ3n) is 5.92. The standard InChI is InChI=1S/C24H26F2N4O2S/c1-17-13-22(33(31,32)28-24-10-6-9-23(26)27-24)20(25)14-21(17)29(2)19-11-12-30(16-19)15-18-7-4-3-5-8-18/h3-10,13-14,19H,11-12,15-16H2,1-2H3,(H,27,28)/t19-/m0/s1. The SMILES string of the molecule is Cc1cc(S(=O)(=O)Nc2cccc(F)n2)c(F)cc1N(C)[C@H]1CCN(Cc2ccccc2)C1. The molecule has 174 valence electrons. The molecule has 1 saturated heterocycles. The Kier molecular flexibility index (Phi) is 6.62. The maximum absolute atomic E-state index is 15.0. The van der Waals surface area contributed by atoms with Crippen LogP contribution in [0.4, 0.5) is 20.3 Å². The maximum Gasteiger partial charge on any atom is 0.265 e. The molecular weight excluding hydrogens is 446 g/mol. The molecule has 0 unspecified atom stereocenters. The van der Waals surface area contributed by atoms with Crippen molar-refractivity contribution < 1.29 is 17.2 Å². The number of sulfonamides is 1. The molecule has 2 heterocycles. The Bertz CT molecular complexity index is 1240. The lowest BCUT2D eigenvalue weighted by Gasteiger charge is -2.29. The predicted octanol–water partition coefficient (Wildman–Crippen LogP) is 4.18. The van der Waals surface area contributed by atoms with Crippen LogP contribution < -0.4 is 9.62 Å². The minimum Gasteiger partial charge on any atom is -0.370 e. The molecule has 0 aliphatic carbocycles. The molecule has 1 fully saturated rings. The molecule has 0 amide bonds. The Morgan fingerprint density at radius 3 is 2.61 bits per heavy atom. The van der Waals surface area contributed by atoms with Gasteiger partial charge >= 0.3 is 0 Å². The quantitative estimate of drug-likeness (QED) is 0.523. The number of halogens is 2. The number of nitrogens with one attached hydrogen (secondary N) is 1. The molecule has 0 spiro atoms. The van der Waals surface area contributed by atoms with E-state index in [2.05, 4.69) is 26.7 Å². The number of aryl methyl sites for hydroxylation is 1. The van der Waals surface area contributed by atoms with Crippen LogP contribution >= 0.6 is 0 Å². The van der Waals surface area contributed by atoms with E-state index in [1.54, 1.807) is 6.92 Å². The lowest BCUT2D eigenvalue weighted by molar-refractivity contribution is 0.326. The highest BCUT2D eigenvalue weighted by atomic mass is 32.2. The number of aromatic nitrogens is 1. The molecule has 3 aromatic rings. The van der Waals surface area contributed by atoms with Gasteiger partial charge in [0.15, 0.2) is 0 Å².